The van der Waals surface area contributed by atoms with Crippen molar-refractivity contribution in [3.05, 3.63) is 10.8 Å². The van der Waals surface area contributed by atoms with E-state index in [-0.39, 0.29) is 0 Å². The molecule has 0 saturated heterocycles. The van der Waals surface area contributed by atoms with Gasteiger partial charge in [0.2, 0.25) is 4.96 Å². The highest BCUT2D eigenvalue weighted by Crippen LogP contribution is 2.32. The maximum absolute atomic E-state index is 4.75. The van der Waals surface area contributed by atoms with Crippen LogP contribution < -0.4 is 5.32 Å². The molecule has 0 amide bonds. The van der Waals surface area contributed by atoms with Gasteiger partial charge in [0, 0.05) is 5.92 Å². The fraction of sp³-hybridized carbons (Fsp3) is 0.786. The van der Waals surface area contributed by atoms with E-state index >= 15 is 0 Å². The van der Waals surface area contributed by atoms with Crippen molar-refractivity contribution in [3.63, 3.8) is 0 Å². The molecule has 2 aromatic rings. The molecule has 0 bridgehead atoms. The van der Waals surface area contributed by atoms with Gasteiger partial charge in [-0.25, -0.2) is 0 Å². The zero-order valence-electron chi connectivity index (χ0n) is 12.3. The summed E-state index contributed by atoms with van der Waals surface area (Å²) in [4.78, 5) is 0.936. The molecule has 1 N–H and O–H groups in total. The van der Waals surface area contributed by atoms with Crippen molar-refractivity contribution in [2.24, 2.45) is 0 Å². The van der Waals surface area contributed by atoms with Crippen LogP contribution in [0.3, 0.4) is 0 Å². The van der Waals surface area contributed by atoms with Gasteiger partial charge in [0.15, 0.2) is 5.82 Å². The highest BCUT2D eigenvalue weighted by molar-refractivity contribution is 7.16. The molecular weight excluding hydrogens is 270 g/mol. The number of aromatic nitrogens is 4. The average molecular weight is 293 g/mol. The van der Waals surface area contributed by atoms with Crippen LogP contribution in [-0.2, 0) is 0 Å². The second-order valence-corrected chi connectivity index (χ2v) is 6.69. The molecule has 5 nitrogen and oxygen atoms in total. The van der Waals surface area contributed by atoms with Crippen molar-refractivity contribution in [1.82, 2.24) is 25.1 Å². The zero-order valence-corrected chi connectivity index (χ0v) is 13.1. The molecular formula is C14H23N5S. The summed E-state index contributed by atoms with van der Waals surface area (Å²) in [7, 11) is 0. The molecule has 0 aromatic carbocycles. The van der Waals surface area contributed by atoms with Gasteiger partial charge in [0.1, 0.15) is 5.01 Å². The maximum atomic E-state index is 4.75. The van der Waals surface area contributed by atoms with Gasteiger partial charge in [-0.1, -0.05) is 37.5 Å². The Bertz CT molecular complexity index is 555. The number of hydrogen-bond acceptors (Lipinski definition) is 5. The monoisotopic (exact) mass is 293 g/mol. The number of hydrogen-bond donors (Lipinski definition) is 1. The molecule has 2 heterocycles. The zero-order chi connectivity index (χ0) is 13.9. The Morgan fingerprint density at radius 1 is 1.30 bits per heavy atom. The third kappa shape index (κ3) is 2.72. The molecule has 2 aromatic heterocycles. The molecule has 0 aliphatic heterocycles. The van der Waals surface area contributed by atoms with Crippen molar-refractivity contribution in [2.45, 2.75) is 64.3 Å². The number of fused-ring (bicyclic) bond motifs is 1. The summed E-state index contributed by atoms with van der Waals surface area (Å²) in [6.45, 7) is 5.37. The van der Waals surface area contributed by atoms with Crippen molar-refractivity contribution in [1.29, 1.82) is 0 Å². The molecule has 1 saturated carbocycles. The number of rotatable bonds is 5. The van der Waals surface area contributed by atoms with E-state index in [9.17, 15) is 0 Å². The van der Waals surface area contributed by atoms with E-state index in [1.165, 1.54) is 32.1 Å². The number of nitrogens with zero attached hydrogens (tertiary/aromatic N) is 4. The first-order chi connectivity index (χ1) is 9.79. The average Bonchev–Trinajstić information content (AvgIpc) is 3.05. The molecule has 1 fully saturated rings. The molecule has 0 spiro atoms. The second kappa shape index (κ2) is 6.18. The Balaban J connectivity index is 1.82. The smallest absolute Gasteiger partial charge is 0.234 e. The molecule has 1 aliphatic carbocycles. The molecule has 1 aliphatic rings. The normalized spacial score (nSPS) is 18.7. The van der Waals surface area contributed by atoms with Crippen LogP contribution in [0.15, 0.2) is 0 Å². The third-order valence-corrected chi connectivity index (χ3v) is 5.15. The summed E-state index contributed by atoms with van der Waals surface area (Å²) in [6, 6.07) is 0.292. The third-order valence-electron chi connectivity index (χ3n) is 4.07. The lowest BCUT2D eigenvalue weighted by molar-refractivity contribution is 0.422. The van der Waals surface area contributed by atoms with Crippen LogP contribution in [0.1, 0.15) is 75.2 Å². The molecule has 6 heteroatoms. The van der Waals surface area contributed by atoms with Gasteiger partial charge >= 0.3 is 0 Å². The van der Waals surface area contributed by atoms with E-state index in [2.05, 4.69) is 29.4 Å². The summed E-state index contributed by atoms with van der Waals surface area (Å²) in [5.41, 5.74) is 0. The molecule has 1 atom stereocenters. The predicted molar refractivity (Wildman–Crippen MR) is 81.2 cm³/mol. The first-order valence-electron chi connectivity index (χ1n) is 7.75. The molecule has 3 rings (SSSR count). The second-order valence-electron chi connectivity index (χ2n) is 5.70. The van der Waals surface area contributed by atoms with Crippen LogP contribution in [0.4, 0.5) is 0 Å². The van der Waals surface area contributed by atoms with Gasteiger partial charge in [-0.15, -0.1) is 10.2 Å². The summed E-state index contributed by atoms with van der Waals surface area (Å²) in [6.07, 6.45) is 7.59. The topological polar surface area (TPSA) is 55.1 Å². The Morgan fingerprint density at radius 2 is 2.10 bits per heavy atom. The largest absolute Gasteiger partial charge is 0.308 e. The lowest BCUT2D eigenvalue weighted by Gasteiger charge is -2.18. The minimum Gasteiger partial charge on any atom is -0.308 e. The van der Waals surface area contributed by atoms with Crippen LogP contribution in [0.5, 0.6) is 0 Å². The van der Waals surface area contributed by atoms with Crippen LogP contribution in [0, 0.1) is 0 Å². The Labute approximate surface area is 123 Å². The fourth-order valence-electron chi connectivity index (χ4n) is 2.89. The van der Waals surface area contributed by atoms with Gasteiger partial charge in [-0.3, -0.25) is 0 Å². The summed E-state index contributed by atoms with van der Waals surface area (Å²) >= 11 is 1.66. The minimum absolute atomic E-state index is 0.292. The number of nitrogens with one attached hydrogen (secondary N) is 1. The van der Waals surface area contributed by atoms with E-state index in [1.807, 2.05) is 4.52 Å². The lowest BCUT2D eigenvalue weighted by atomic mass is 9.89. The van der Waals surface area contributed by atoms with E-state index in [4.69, 9.17) is 5.10 Å². The van der Waals surface area contributed by atoms with E-state index in [0.717, 1.165) is 28.8 Å². The quantitative estimate of drug-likeness (QED) is 0.919. The molecule has 1 unspecified atom stereocenters. The van der Waals surface area contributed by atoms with E-state index < -0.39 is 0 Å². The van der Waals surface area contributed by atoms with Gasteiger partial charge in [-0.05, 0) is 32.7 Å². The van der Waals surface area contributed by atoms with Crippen LogP contribution in [-0.4, -0.2) is 26.4 Å². The van der Waals surface area contributed by atoms with Gasteiger partial charge in [0.05, 0.1) is 6.04 Å². The van der Waals surface area contributed by atoms with Gasteiger partial charge in [0.25, 0.3) is 0 Å². The van der Waals surface area contributed by atoms with Crippen LogP contribution in [0.25, 0.3) is 4.96 Å². The van der Waals surface area contributed by atoms with Gasteiger partial charge < -0.3 is 5.32 Å². The van der Waals surface area contributed by atoms with Crippen molar-refractivity contribution in [2.75, 3.05) is 6.54 Å². The fourth-order valence-corrected chi connectivity index (χ4v) is 3.76. The predicted octanol–water partition coefficient (Wildman–Crippen LogP) is 3.29. The van der Waals surface area contributed by atoms with E-state index in [1.54, 1.807) is 11.3 Å². The summed E-state index contributed by atoms with van der Waals surface area (Å²) in [5.74, 6) is 1.62. The summed E-state index contributed by atoms with van der Waals surface area (Å²) in [5, 5.41) is 18.0. The highest BCUT2D eigenvalue weighted by atomic mass is 32.1. The molecule has 20 heavy (non-hydrogen) atoms. The van der Waals surface area contributed by atoms with Crippen molar-refractivity contribution >= 4 is 16.3 Å². The van der Waals surface area contributed by atoms with Crippen LogP contribution >= 0.6 is 11.3 Å². The van der Waals surface area contributed by atoms with Crippen molar-refractivity contribution in [3.8, 4) is 0 Å². The van der Waals surface area contributed by atoms with Crippen molar-refractivity contribution < 1.29 is 0 Å². The highest BCUT2D eigenvalue weighted by Gasteiger charge is 2.23. The Kier molecular flexibility index (Phi) is 4.31. The SMILES string of the molecule is CCCNC(C)c1nn2c(C3CCCCC3)nnc2s1. The maximum Gasteiger partial charge on any atom is 0.234 e. The first-order valence-corrected chi connectivity index (χ1v) is 8.56. The Hall–Kier alpha value is -1.01. The standard InChI is InChI=1S/C14H23N5S/c1-3-9-15-10(2)13-18-19-12(16-17-14(19)20-13)11-7-5-4-6-8-11/h10-11,15H,3-9H2,1-2H3. The lowest BCUT2D eigenvalue weighted by Crippen LogP contribution is -2.19. The molecule has 110 valence electrons. The Morgan fingerprint density at radius 3 is 2.85 bits per heavy atom. The van der Waals surface area contributed by atoms with E-state index in [0.29, 0.717) is 12.0 Å². The van der Waals surface area contributed by atoms with Crippen LogP contribution in [0.2, 0.25) is 0 Å². The molecule has 0 radical (unpaired) electrons. The first kappa shape index (κ1) is 13.9. The summed E-state index contributed by atoms with van der Waals surface area (Å²) < 4.78 is 1.99. The van der Waals surface area contributed by atoms with Gasteiger partial charge in [-0.2, -0.15) is 9.61 Å². The minimum atomic E-state index is 0.292.